The molecule has 0 radical (unpaired) electrons. The topological polar surface area (TPSA) is 58.2 Å². The summed E-state index contributed by atoms with van der Waals surface area (Å²) in [5.41, 5.74) is -0.229. The number of hydrogen-bond donors (Lipinski definition) is 2. The molecule has 94 valence electrons. The van der Waals surface area contributed by atoms with Crippen LogP contribution in [0.1, 0.15) is 39.0 Å². The van der Waals surface area contributed by atoms with Gasteiger partial charge >= 0.3 is 0 Å². The number of piperidine rings is 1. The fourth-order valence-corrected chi connectivity index (χ4v) is 3.94. The van der Waals surface area contributed by atoms with E-state index in [9.17, 15) is 8.42 Å². The number of hydrogen-bond acceptors (Lipinski definition) is 3. The van der Waals surface area contributed by atoms with Gasteiger partial charge in [0.2, 0.25) is 10.0 Å². The fraction of sp³-hybridized carbons (Fsp3) is 1.00. The van der Waals surface area contributed by atoms with E-state index in [4.69, 9.17) is 0 Å². The average molecular weight is 246 g/mol. The summed E-state index contributed by atoms with van der Waals surface area (Å²) in [5, 5.41) is 3.25. The van der Waals surface area contributed by atoms with Gasteiger partial charge in [0.25, 0.3) is 0 Å². The SMILES string of the molecule is CC1(NS(=O)(=O)CCC2CC2)CCNCC1. The van der Waals surface area contributed by atoms with E-state index in [1.807, 2.05) is 6.92 Å². The molecule has 1 saturated heterocycles. The van der Waals surface area contributed by atoms with Crippen LogP contribution in [0.3, 0.4) is 0 Å². The van der Waals surface area contributed by atoms with Gasteiger partial charge in [0.05, 0.1) is 5.75 Å². The molecule has 16 heavy (non-hydrogen) atoms. The molecule has 0 aromatic carbocycles. The van der Waals surface area contributed by atoms with Crippen molar-refractivity contribution in [2.75, 3.05) is 18.8 Å². The second-order valence-electron chi connectivity index (χ2n) is 5.46. The van der Waals surface area contributed by atoms with E-state index in [0.717, 1.165) is 32.4 Å². The standard InChI is InChI=1S/C11H22N2O2S/c1-11(5-7-12-8-6-11)13-16(14,15)9-4-10-2-3-10/h10,12-13H,2-9H2,1H3. The van der Waals surface area contributed by atoms with Crippen LogP contribution < -0.4 is 10.0 Å². The molecule has 0 unspecified atom stereocenters. The minimum absolute atomic E-state index is 0.229. The van der Waals surface area contributed by atoms with Crippen LogP contribution in [0.15, 0.2) is 0 Å². The lowest BCUT2D eigenvalue weighted by Gasteiger charge is -2.34. The zero-order valence-electron chi connectivity index (χ0n) is 9.96. The van der Waals surface area contributed by atoms with Crippen LogP contribution in [0.25, 0.3) is 0 Å². The summed E-state index contributed by atoms with van der Waals surface area (Å²) in [4.78, 5) is 0. The van der Waals surface area contributed by atoms with Gasteiger partial charge in [-0.2, -0.15) is 0 Å². The Balaban J connectivity index is 1.85. The van der Waals surface area contributed by atoms with Crippen LogP contribution >= 0.6 is 0 Å². The van der Waals surface area contributed by atoms with Gasteiger partial charge in [-0.05, 0) is 45.2 Å². The predicted octanol–water partition coefficient (Wildman–Crippen LogP) is 0.848. The Morgan fingerprint density at radius 2 is 1.94 bits per heavy atom. The third kappa shape index (κ3) is 3.71. The monoisotopic (exact) mass is 246 g/mol. The molecule has 1 saturated carbocycles. The first-order valence-electron chi connectivity index (χ1n) is 6.22. The molecular weight excluding hydrogens is 224 g/mol. The summed E-state index contributed by atoms with van der Waals surface area (Å²) >= 11 is 0. The maximum absolute atomic E-state index is 11.9. The van der Waals surface area contributed by atoms with E-state index in [1.165, 1.54) is 12.8 Å². The van der Waals surface area contributed by atoms with Gasteiger partial charge in [-0.3, -0.25) is 0 Å². The normalized spacial score (nSPS) is 25.6. The predicted molar refractivity (Wildman–Crippen MR) is 64.8 cm³/mol. The number of nitrogens with one attached hydrogen (secondary N) is 2. The lowest BCUT2D eigenvalue weighted by molar-refractivity contribution is 0.307. The van der Waals surface area contributed by atoms with Crippen molar-refractivity contribution in [3.8, 4) is 0 Å². The highest BCUT2D eigenvalue weighted by atomic mass is 32.2. The van der Waals surface area contributed by atoms with Crippen LogP contribution in [0.4, 0.5) is 0 Å². The molecule has 0 aromatic rings. The molecule has 1 aliphatic carbocycles. The van der Waals surface area contributed by atoms with Gasteiger partial charge in [0.15, 0.2) is 0 Å². The molecule has 0 spiro atoms. The Morgan fingerprint density at radius 1 is 1.31 bits per heavy atom. The fourth-order valence-electron chi connectivity index (χ4n) is 2.24. The first kappa shape index (κ1) is 12.3. The number of sulfonamides is 1. The first-order chi connectivity index (χ1) is 7.49. The Bertz CT molecular complexity index is 330. The van der Waals surface area contributed by atoms with E-state index in [2.05, 4.69) is 10.0 Å². The van der Waals surface area contributed by atoms with Gasteiger partial charge < -0.3 is 5.32 Å². The maximum Gasteiger partial charge on any atom is 0.212 e. The Labute approximate surface area is 98.2 Å². The van der Waals surface area contributed by atoms with Gasteiger partial charge in [-0.25, -0.2) is 13.1 Å². The first-order valence-corrected chi connectivity index (χ1v) is 7.87. The van der Waals surface area contributed by atoms with Crippen molar-refractivity contribution in [3.63, 3.8) is 0 Å². The number of rotatable bonds is 5. The van der Waals surface area contributed by atoms with Crippen LogP contribution in [-0.4, -0.2) is 32.8 Å². The molecule has 0 atom stereocenters. The molecular formula is C11H22N2O2S. The molecule has 0 aromatic heterocycles. The molecule has 0 amide bonds. The van der Waals surface area contributed by atoms with Crippen LogP contribution in [0, 0.1) is 5.92 Å². The summed E-state index contributed by atoms with van der Waals surface area (Å²) in [6, 6.07) is 0. The minimum Gasteiger partial charge on any atom is -0.317 e. The highest BCUT2D eigenvalue weighted by molar-refractivity contribution is 7.89. The molecule has 4 nitrogen and oxygen atoms in total. The van der Waals surface area contributed by atoms with Crippen LogP contribution in [0.5, 0.6) is 0 Å². The molecule has 1 aliphatic heterocycles. The molecule has 2 aliphatic rings. The summed E-state index contributed by atoms with van der Waals surface area (Å²) in [5.74, 6) is 0.984. The average Bonchev–Trinajstić information content (AvgIpc) is 2.97. The van der Waals surface area contributed by atoms with Crippen molar-refractivity contribution in [3.05, 3.63) is 0 Å². The second-order valence-corrected chi connectivity index (χ2v) is 7.31. The van der Waals surface area contributed by atoms with E-state index in [-0.39, 0.29) is 5.54 Å². The Hall–Kier alpha value is -0.130. The third-order valence-corrected chi connectivity index (χ3v) is 5.18. The summed E-state index contributed by atoms with van der Waals surface area (Å²) in [7, 11) is -3.07. The summed E-state index contributed by atoms with van der Waals surface area (Å²) in [6.07, 6.45) is 5.04. The summed E-state index contributed by atoms with van der Waals surface area (Å²) < 4.78 is 26.7. The quantitative estimate of drug-likeness (QED) is 0.756. The van der Waals surface area contributed by atoms with E-state index in [1.54, 1.807) is 0 Å². The minimum atomic E-state index is -3.07. The van der Waals surface area contributed by atoms with Crippen LogP contribution in [0.2, 0.25) is 0 Å². The highest BCUT2D eigenvalue weighted by Crippen LogP contribution is 2.32. The zero-order chi connectivity index (χ0) is 11.6. The van der Waals surface area contributed by atoms with Crippen molar-refractivity contribution < 1.29 is 8.42 Å². The largest absolute Gasteiger partial charge is 0.317 e. The third-order valence-electron chi connectivity index (χ3n) is 3.60. The molecule has 2 fully saturated rings. The Kier molecular flexibility index (Phi) is 3.56. The molecule has 1 heterocycles. The second kappa shape index (κ2) is 4.63. The van der Waals surface area contributed by atoms with Gasteiger partial charge in [-0.15, -0.1) is 0 Å². The van der Waals surface area contributed by atoms with Crippen molar-refractivity contribution in [1.82, 2.24) is 10.0 Å². The van der Waals surface area contributed by atoms with Crippen LogP contribution in [-0.2, 0) is 10.0 Å². The molecule has 0 bridgehead atoms. The molecule has 2 rings (SSSR count). The van der Waals surface area contributed by atoms with E-state index >= 15 is 0 Å². The lowest BCUT2D eigenvalue weighted by Crippen LogP contribution is -2.52. The zero-order valence-corrected chi connectivity index (χ0v) is 10.8. The smallest absolute Gasteiger partial charge is 0.212 e. The molecule has 5 heteroatoms. The van der Waals surface area contributed by atoms with Crippen molar-refractivity contribution in [2.45, 2.75) is 44.6 Å². The lowest BCUT2D eigenvalue weighted by atomic mass is 9.92. The Morgan fingerprint density at radius 3 is 2.50 bits per heavy atom. The highest BCUT2D eigenvalue weighted by Gasteiger charge is 2.32. The summed E-state index contributed by atoms with van der Waals surface area (Å²) in [6.45, 7) is 3.83. The van der Waals surface area contributed by atoms with Crippen molar-refractivity contribution in [1.29, 1.82) is 0 Å². The van der Waals surface area contributed by atoms with E-state index < -0.39 is 10.0 Å². The van der Waals surface area contributed by atoms with Crippen molar-refractivity contribution >= 4 is 10.0 Å². The maximum atomic E-state index is 11.9. The van der Waals surface area contributed by atoms with Gasteiger partial charge in [0, 0.05) is 5.54 Å². The molecule has 2 N–H and O–H groups in total. The van der Waals surface area contributed by atoms with Gasteiger partial charge in [0.1, 0.15) is 0 Å². The van der Waals surface area contributed by atoms with E-state index in [0.29, 0.717) is 11.7 Å². The van der Waals surface area contributed by atoms with Gasteiger partial charge in [-0.1, -0.05) is 12.8 Å². The van der Waals surface area contributed by atoms with Crippen molar-refractivity contribution in [2.24, 2.45) is 5.92 Å².